The van der Waals surface area contributed by atoms with Crippen LogP contribution in [0.3, 0.4) is 0 Å². The van der Waals surface area contributed by atoms with E-state index in [0.29, 0.717) is 28.3 Å². The van der Waals surface area contributed by atoms with Gasteiger partial charge in [0, 0.05) is 5.39 Å². The smallest absolute Gasteiger partial charge is 0.259 e. The molecule has 7 nitrogen and oxygen atoms in total. The lowest BCUT2D eigenvalue weighted by Gasteiger charge is -2.13. The van der Waals surface area contributed by atoms with E-state index in [2.05, 4.69) is 15.5 Å². The Morgan fingerprint density at radius 1 is 0.875 bits per heavy atom. The molecule has 7 heteroatoms. The monoisotopic (exact) mass is 427 g/mol. The first-order valence-electron chi connectivity index (χ1n) is 9.85. The molecule has 0 aliphatic heterocycles. The van der Waals surface area contributed by atoms with Crippen molar-refractivity contribution in [2.24, 2.45) is 10.2 Å². The summed E-state index contributed by atoms with van der Waals surface area (Å²) < 4.78 is 10.4. The molecule has 32 heavy (non-hydrogen) atoms. The van der Waals surface area contributed by atoms with E-state index >= 15 is 0 Å². The fraction of sp³-hybridized carbons (Fsp3) is 0.0800. The number of amides is 1. The van der Waals surface area contributed by atoms with Gasteiger partial charge in [0.05, 0.1) is 31.2 Å². The quantitative estimate of drug-likeness (QED) is 0.357. The summed E-state index contributed by atoms with van der Waals surface area (Å²) in [6.07, 6.45) is 0. The largest absolute Gasteiger partial charge is 0.505 e. The van der Waals surface area contributed by atoms with Crippen molar-refractivity contribution in [3.8, 4) is 17.2 Å². The predicted molar refractivity (Wildman–Crippen MR) is 124 cm³/mol. The fourth-order valence-electron chi connectivity index (χ4n) is 3.29. The van der Waals surface area contributed by atoms with E-state index in [-0.39, 0.29) is 17.0 Å². The lowest BCUT2D eigenvalue weighted by atomic mass is 10.0. The van der Waals surface area contributed by atoms with Gasteiger partial charge in [-0.3, -0.25) is 4.79 Å². The molecule has 4 aromatic carbocycles. The molecule has 4 rings (SSSR count). The van der Waals surface area contributed by atoms with E-state index in [0.717, 1.165) is 5.39 Å². The van der Waals surface area contributed by atoms with Crippen LogP contribution in [0.4, 0.5) is 17.1 Å². The number of para-hydroxylation sites is 2. The van der Waals surface area contributed by atoms with Gasteiger partial charge in [0.2, 0.25) is 0 Å². The van der Waals surface area contributed by atoms with Crippen molar-refractivity contribution in [1.29, 1.82) is 0 Å². The first-order valence-corrected chi connectivity index (χ1v) is 9.85. The summed E-state index contributed by atoms with van der Waals surface area (Å²) in [5.74, 6) is 0.472. The summed E-state index contributed by atoms with van der Waals surface area (Å²) in [6.45, 7) is 0. The number of methoxy groups -OCH3 is 2. The number of carbonyl (C=O) groups is 1. The standard InChI is InChI=1S/C25H21N3O4/c1-31-18-13-11-17(12-14-18)27-28-23-19-8-4-3-7-16(19)15-20(24(23)29)25(30)26-21-9-5-6-10-22(21)32-2/h3-15,29H,1-2H3,(H,26,30). The summed E-state index contributed by atoms with van der Waals surface area (Å²) in [7, 11) is 3.11. The van der Waals surface area contributed by atoms with Crippen LogP contribution in [0, 0.1) is 0 Å². The van der Waals surface area contributed by atoms with Gasteiger partial charge in [-0.05, 0) is 47.9 Å². The second-order valence-electron chi connectivity index (χ2n) is 6.89. The number of phenols is 1. The first-order chi connectivity index (χ1) is 15.6. The van der Waals surface area contributed by atoms with Gasteiger partial charge < -0.3 is 19.9 Å². The van der Waals surface area contributed by atoms with E-state index in [9.17, 15) is 9.90 Å². The van der Waals surface area contributed by atoms with Gasteiger partial charge in [-0.2, -0.15) is 5.11 Å². The molecule has 0 saturated carbocycles. The summed E-state index contributed by atoms with van der Waals surface area (Å²) in [5.41, 5.74) is 1.37. The topological polar surface area (TPSA) is 92.5 Å². The molecule has 0 atom stereocenters. The van der Waals surface area contributed by atoms with Crippen molar-refractivity contribution in [1.82, 2.24) is 0 Å². The number of hydrogen-bond donors (Lipinski definition) is 2. The van der Waals surface area contributed by atoms with Crippen LogP contribution in [0.5, 0.6) is 17.2 Å². The molecule has 0 heterocycles. The molecule has 160 valence electrons. The second kappa shape index (κ2) is 9.18. The number of anilines is 1. The van der Waals surface area contributed by atoms with Gasteiger partial charge in [-0.25, -0.2) is 0 Å². The Morgan fingerprint density at radius 2 is 1.59 bits per heavy atom. The van der Waals surface area contributed by atoms with Crippen molar-refractivity contribution in [3.05, 3.63) is 84.4 Å². The second-order valence-corrected chi connectivity index (χ2v) is 6.89. The third kappa shape index (κ3) is 4.22. The maximum atomic E-state index is 13.0. The van der Waals surface area contributed by atoms with Crippen molar-refractivity contribution < 1.29 is 19.4 Å². The number of nitrogens with zero attached hydrogens (tertiary/aromatic N) is 2. The number of carbonyl (C=O) groups excluding carboxylic acids is 1. The highest BCUT2D eigenvalue weighted by Crippen LogP contribution is 2.40. The van der Waals surface area contributed by atoms with E-state index in [1.54, 1.807) is 61.7 Å². The van der Waals surface area contributed by atoms with Crippen molar-refractivity contribution in [2.75, 3.05) is 19.5 Å². The molecular weight excluding hydrogens is 406 g/mol. The molecule has 0 fully saturated rings. The Kier molecular flexibility index (Phi) is 5.98. The van der Waals surface area contributed by atoms with Crippen LogP contribution in [0.2, 0.25) is 0 Å². The number of hydrogen-bond acceptors (Lipinski definition) is 6. The minimum absolute atomic E-state index is 0.0817. The zero-order valence-corrected chi connectivity index (χ0v) is 17.6. The molecule has 0 unspecified atom stereocenters. The van der Waals surface area contributed by atoms with Crippen LogP contribution in [-0.2, 0) is 0 Å². The normalized spacial score (nSPS) is 10.9. The average molecular weight is 427 g/mol. The maximum Gasteiger partial charge on any atom is 0.259 e. The van der Waals surface area contributed by atoms with Crippen LogP contribution < -0.4 is 14.8 Å². The van der Waals surface area contributed by atoms with Gasteiger partial charge >= 0.3 is 0 Å². The summed E-state index contributed by atoms with van der Waals surface area (Å²) in [6, 6.07) is 23.1. The Hall–Kier alpha value is -4.39. The highest BCUT2D eigenvalue weighted by molar-refractivity contribution is 6.12. The number of rotatable bonds is 6. The van der Waals surface area contributed by atoms with Crippen LogP contribution in [0.1, 0.15) is 10.4 Å². The molecule has 4 aromatic rings. The number of aromatic hydroxyl groups is 1. The van der Waals surface area contributed by atoms with Crippen LogP contribution in [0.25, 0.3) is 10.8 Å². The molecule has 0 aromatic heterocycles. The van der Waals surface area contributed by atoms with Gasteiger partial charge in [0.25, 0.3) is 5.91 Å². The van der Waals surface area contributed by atoms with Crippen LogP contribution in [0.15, 0.2) is 89.1 Å². The predicted octanol–water partition coefficient (Wildman–Crippen LogP) is 6.23. The number of ether oxygens (including phenoxy) is 2. The lowest BCUT2D eigenvalue weighted by Crippen LogP contribution is -2.13. The number of fused-ring (bicyclic) bond motifs is 1. The average Bonchev–Trinajstić information content (AvgIpc) is 2.83. The van der Waals surface area contributed by atoms with Gasteiger partial charge in [-0.1, -0.05) is 36.4 Å². The van der Waals surface area contributed by atoms with Gasteiger partial charge in [0.15, 0.2) is 5.75 Å². The molecule has 2 N–H and O–H groups in total. The van der Waals surface area contributed by atoms with Gasteiger partial charge in [-0.15, -0.1) is 5.11 Å². The number of azo groups is 1. The Labute approximate surface area is 185 Å². The Morgan fingerprint density at radius 3 is 2.34 bits per heavy atom. The van der Waals surface area contributed by atoms with E-state index < -0.39 is 5.91 Å². The third-order valence-corrected chi connectivity index (χ3v) is 4.93. The zero-order valence-electron chi connectivity index (χ0n) is 17.6. The molecule has 0 saturated heterocycles. The molecule has 1 amide bonds. The highest BCUT2D eigenvalue weighted by Gasteiger charge is 2.19. The van der Waals surface area contributed by atoms with E-state index in [1.165, 1.54) is 7.11 Å². The Bertz CT molecular complexity index is 1300. The molecule has 0 radical (unpaired) electrons. The summed E-state index contributed by atoms with van der Waals surface area (Å²) >= 11 is 0. The fourth-order valence-corrected chi connectivity index (χ4v) is 3.29. The minimum Gasteiger partial charge on any atom is -0.505 e. The molecule has 0 aliphatic rings. The minimum atomic E-state index is -0.487. The van der Waals surface area contributed by atoms with Crippen molar-refractivity contribution >= 4 is 33.7 Å². The lowest BCUT2D eigenvalue weighted by molar-refractivity contribution is 0.102. The third-order valence-electron chi connectivity index (χ3n) is 4.93. The Balaban J connectivity index is 1.75. The SMILES string of the molecule is COc1ccc(N=Nc2c(O)c(C(=O)Nc3ccccc3OC)cc3ccccc23)cc1. The maximum absolute atomic E-state index is 13.0. The van der Waals surface area contributed by atoms with Crippen LogP contribution in [-0.4, -0.2) is 25.2 Å². The van der Waals surface area contributed by atoms with Gasteiger partial charge in [0.1, 0.15) is 17.2 Å². The number of nitrogens with one attached hydrogen (secondary N) is 1. The molecule has 0 spiro atoms. The summed E-state index contributed by atoms with van der Waals surface area (Å²) in [5, 5.41) is 23.7. The molecular formula is C25H21N3O4. The number of phenolic OH excluding ortho intramolecular Hbond substituents is 1. The first kappa shape index (κ1) is 20.9. The van der Waals surface area contributed by atoms with E-state index in [4.69, 9.17) is 9.47 Å². The molecule has 0 bridgehead atoms. The van der Waals surface area contributed by atoms with Crippen molar-refractivity contribution in [2.45, 2.75) is 0 Å². The highest BCUT2D eigenvalue weighted by atomic mass is 16.5. The zero-order chi connectivity index (χ0) is 22.5. The number of benzene rings is 4. The van der Waals surface area contributed by atoms with E-state index in [1.807, 2.05) is 24.3 Å². The van der Waals surface area contributed by atoms with Crippen molar-refractivity contribution in [3.63, 3.8) is 0 Å². The molecule has 0 aliphatic carbocycles. The van der Waals surface area contributed by atoms with Crippen LogP contribution >= 0.6 is 0 Å². The summed E-state index contributed by atoms with van der Waals surface area (Å²) in [4.78, 5) is 13.0.